The minimum absolute atomic E-state index is 0. The summed E-state index contributed by atoms with van der Waals surface area (Å²) in [6.45, 7) is 3.22. The van der Waals surface area contributed by atoms with E-state index in [1.54, 1.807) is 19.2 Å². The van der Waals surface area contributed by atoms with E-state index in [0.717, 1.165) is 15.9 Å². The second-order valence-corrected chi connectivity index (χ2v) is 5.20. The van der Waals surface area contributed by atoms with Gasteiger partial charge in [-0.05, 0) is 41.1 Å². The zero-order valence-corrected chi connectivity index (χ0v) is 13.7. The number of amides is 1. The first-order chi connectivity index (χ1) is 9.11. The van der Waals surface area contributed by atoms with E-state index < -0.39 is 0 Å². The van der Waals surface area contributed by atoms with E-state index in [9.17, 15) is 4.79 Å². The van der Waals surface area contributed by atoms with Crippen molar-refractivity contribution in [3.63, 3.8) is 0 Å². The van der Waals surface area contributed by atoms with Gasteiger partial charge in [-0.3, -0.25) is 4.79 Å². The monoisotopic (exact) mass is 364 g/mol. The zero-order valence-electron chi connectivity index (χ0n) is 11.3. The van der Waals surface area contributed by atoms with Gasteiger partial charge in [0.05, 0.1) is 24.3 Å². The second-order valence-electron chi connectivity index (χ2n) is 4.35. The van der Waals surface area contributed by atoms with Crippen LogP contribution in [-0.2, 0) is 9.53 Å². The average Bonchev–Trinajstić information content (AvgIpc) is 2.39. The van der Waals surface area contributed by atoms with Crippen LogP contribution in [0.5, 0.6) is 5.75 Å². The summed E-state index contributed by atoms with van der Waals surface area (Å²) in [6.07, 6.45) is -0.129. The molecule has 1 aromatic rings. The molecule has 112 valence electrons. The van der Waals surface area contributed by atoms with Gasteiger partial charge in [0.1, 0.15) is 11.8 Å². The lowest BCUT2D eigenvalue weighted by atomic mass is 10.1. The number of hydrogen-bond donors (Lipinski definition) is 2. The number of anilines is 1. The molecule has 1 aromatic carbocycles. The minimum atomic E-state index is -0.324. The molecule has 0 aromatic heterocycles. The van der Waals surface area contributed by atoms with Crippen LogP contribution in [0.2, 0.25) is 0 Å². The van der Waals surface area contributed by atoms with Gasteiger partial charge >= 0.3 is 0 Å². The van der Waals surface area contributed by atoms with Gasteiger partial charge in [-0.25, -0.2) is 0 Å². The first-order valence-corrected chi connectivity index (χ1v) is 6.90. The Bertz CT molecular complexity index is 473. The molecular weight excluding hydrogens is 348 g/mol. The summed E-state index contributed by atoms with van der Waals surface area (Å²) >= 11 is 3.39. The molecule has 2 atom stereocenters. The number of methoxy groups -OCH3 is 1. The molecular formula is C13H18BrClN2O3. The molecule has 1 aliphatic rings. The maximum Gasteiger partial charge on any atom is 0.244 e. The molecule has 0 radical (unpaired) electrons. The van der Waals surface area contributed by atoms with Crippen molar-refractivity contribution in [3.8, 4) is 5.75 Å². The third kappa shape index (κ3) is 4.09. The van der Waals surface area contributed by atoms with Crippen LogP contribution in [0.1, 0.15) is 6.92 Å². The van der Waals surface area contributed by atoms with Crippen molar-refractivity contribution in [2.75, 3.05) is 25.6 Å². The number of hydrogen-bond acceptors (Lipinski definition) is 4. The van der Waals surface area contributed by atoms with Gasteiger partial charge in [0, 0.05) is 12.2 Å². The Morgan fingerprint density at radius 3 is 2.90 bits per heavy atom. The fraction of sp³-hybridized carbons (Fsp3) is 0.462. The van der Waals surface area contributed by atoms with E-state index in [2.05, 4.69) is 26.6 Å². The first kappa shape index (κ1) is 17.2. The molecule has 1 aliphatic heterocycles. The van der Waals surface area contributed by atoms with Crippen molar-refractivity contribution in [2.45, 2.75) is 19.1 Å². The van der Waals surface area contributed by atoms with Crippen LogP contribution in [-0.4, -0.2) is 38.3 Å². The number of carbonyl (C=O) groups excluding carboxylic acids is 1. The van der Waals surface area contributed by atoms with E-state index in [4.69, 9.17) is 9.47 Å². The van der Waals surface area contributed by atoms with Gasteiger partial charge in [0.25, 0.3) is 0 Å². The average molecular weight is 366 g/mol. The normalized spacial score (nSPS) is 21.8. The number of benzene rings is 1. The second kappa shape index (κ2) is 7.83. The van der Waals surface area contributed by atoms with E-state index in [-0.39, 0.29) is 30.5 Å². The molecule has 1 heterocycles. The lowest BCUT2D eigenvalue weighted by molar-refractivity contribution is -0.123. The van der Waals surface area contributed by atoms with E-state index in [1.165, 1.54) is 0 Å². The predicted octanol–water partition coefficient (Wildman–Crippen LogP) is 2.19. The largest absolute Gasteiger partial charge is 0.496 e. The summed E-state index contributed by atoms with van der Waals surface area (Å²) in [5, 5.41) is 6.02. The van der Waals surface area contributed by atoms with E-state index in [1.807, 2.05) is 13.0 Å². The molecule has 7 heteroatoms. The van der Waals surface area contributed by atoms with Gasteiger partial charge in [-0.1, -0.05) is 0 Å². The van der Waals surface area contributed by atoms with Crippen molar-refractivity contribution >= 4 is 39.9 Å². The van der Waals surface area contributed by atoms with Crippen LogP contribution in [0.3, 0.4) is 0 Å². The standard InChI is InChI=1S/C13H17BrN2O3.ClH/c1-8-12(15-5-6-19-8)13(17)16-9-3-4-11(18-2)10(14)7-9;/h3-4,7-8,12,15H,5-6H2,1-2H3,(H,16,17);1H/t8-,12+;/m1./s1. The summed E-state index contributed by atoms with van der Waals surface area (Å²) in [5.41, 5.74) is 0.720. The topological polar surface area (TPSA) is 59.6 Å². The Morgan fingerprint density at radius 2 is 2.30 bits per heavy atom. The molecule has 0 unspecified atom stereocenters. The van der Waals surface area contributed by atoms with Crippen molar-refractivity contribution in [2.24, 2.45) is 0 Å². The predicted molar refractivity (Wildman–Crippen MR) is 83.8 cm³/mol. The van der Waals surface area contributed by atoms with Gasteiger partial charge < -0.3 is 20.1 Å². The van der Waals surface area contributed by atoms with Crippen molar-refractivity contribution in [1.82, 2.24) is 5.32 Å². The minimum Gasteiger partial charge on any atom is -0.496 e. The van der Waals surface area contributed by atoms with Crippen molar-refractivity contribution in [1.29, 1.82) is 0 Å². The van der Waals surface area contributed by atoms with Crippen molar-refractivity contribution in [3.05, 3.63) is 22.7 Å². The zero-order chi connectivity index (χ0) is 13.8. The number of halogens is 2. The Balaban J connectivity index is 0.00000200. The molecule has 20 heavy (non-hydrogen) atoms. The third-order valence-electron chi connectivity index (χ3n) is 3.02. The molecule has 1 amide bonds. The first-order valence-electron chi connectivity index (χ1n) is 6.11. The molecule has 0 saturated carbocycles. The van der Waals surface area contributed by atoms with Crippen LogP contribution in [0.15, 0.2) is 22.7 Å². The Labute approximate surface area is 132 Å². The molecule has 1 saturated heterocycles. The highest BCUT2D eigenvalue weighted by atomic mass is 79.9. The van der Waals surface area contributed by atoms with Gasteiger partial charge in [-0.2, -0.15) is 0 Å². The Hall–Kier alpha value is -0.820. The van der Waals surface area contributed by atoms with Gasteiger partial charge in [-0.15, -0.1) is 12.4 Å². The highest BCUT2D eigenvalue weighted by Crippen LogP contribution is 2.27. The molecule has 2 rings (SSSR count). The number of rotatable bonds is 3. The summed E-state index contributed by atoms with van der Waals surface area (Å²) < 4.78 is 11.4. The SMILES string of the molecule is COc1ccc(NC(=O)[C@H]2NCCO[C@@H]2C)cc1Br.Cl. The van der Waals surface area contributed by atoms with E-state index in [0.29, 0.717) is 13.2 Å². The highest BCUT2D eigenvalue weighted by molar-refractivity contribution is 9.10. The number of nitrogens with one attached hydrogen (secondary N) is 2. The van der Waals surface area contributed by atoms with Gasteiger partial charge in [0.15, 0.2) is 0 Å². The Kier molecular flexibility index (Phi) is 6.75. The summed E-state index contributed by atoms with van der Waals surface area (Å²) in [5.74, 6) is 0.634. The molecule has 0 aliphatic carbocycles. The lowest BCUT2D eigenvalue weighted by Crippen LogP contribution is -2.53. The molecule has 1 fully saturated rings. The van der Waals surface area contributed by atoms with Crippen LogP contribution in [0.25, 0.3) is 0 Å². The number of ether oxygens (including phenoxy) is 2. The van der Waals surface area contributed by atoms with E-state index >= 15 is 0 Å². The van der Waals surface area contributed by atoms with Crippen LogP contribution >= 0.6 is 28.3 Å². The van der Waals surface area contributed by atoms with Crippen molar-refractivity contribution < 1.29 is 14.3 Å². The molecule has 5 nitrogen and oxygen atoms in total. The highest BCUT2D eigenvalue weighted by Gasteiger charge is 2.28. The van der Waals surface area contributed by atoms with Crippen LogP contribution < -0.4 is 15.4 Å². The van der Waals surface area contributed by atoms with Crippen LogP contribution in [0, 0.1) is 0 Å². The fourth-order valence-corrected chi connectivity index (χ4v) is 2.53. The summed E-state index contributed by atoms with van der Waals surface area (Å²) in [7, 11) is 1.60. The molecule has 0 spiro atoms. The maximum absolute atomic E-state index is 12.1. The third-order valence-corrected chi connectivity index (χ3v) is 3.64. The maximum atomic E-state index is 12.1. The summed E-state index contributed by atoms with van der Waals surface area (Å²) in [6, 6.07) is 5.09. The molecule has 0 bridgehead atoms. The molecule has 2 N–H and O–H groups in total. The Morgan fingerprint density at radius 1 is 1.55 bits per heavy atom. The fourth-order valence-electron chi connectivity index (χ4n) is 1.99. The lowest BCUT2D eigenvalue weighted by Gasteiger charge is -2.29. The summed E-state index contributed by atoms with van der Waals surface area (Å²) in [4.78, 5) is 12.1. The van der Waals surface area contributed by atoms with Gasteiger partial charge in [0.2, 0.25) is 5.91 Å². The number of morpholine rings is 1. The smallest absolute Gasteiger partial charge is 0.244 e. The number of carbonyl (C=O) groups is 1. The quantitative estimate of drug-likeness (QED) is 0.862. The van der Waals surface area contributed by atoms with Crippen LogP contribution in [0.4, 0.5) is 5.69 Å².